The number of nitrogens with zero attached hydrogens (tertiary/aromatic N) is 2. The fourth-order valence-electron chi connectivity index (χ4n) is 2.50. The van der Waals surface area contributed by atoms with Gasteiger partial charge in [-0.1, -0.05) is 20.3 Å². The molecular formula is C12H19FN4. The number of nitrogen functional groups attached to an aromatic ring is 1. The molecule has 1 heterocycles. The molecule has 0 saturated heterocycles. The summed E-state index contributed by atoms with van der Waals surface area (Å²) < 4.78 is 13.5. The zero-order valence-electron chi connectivity index (χ0n) is 10.3. The molecule has 3 N–H and O–H groups in total. The molecule has 5 heteroatoms. The number of anilines is 2. The summed E-state index contributed by atoms with van der Waals surface area (Å²) >= 11 is 0. The first kappa shape index (κ1) is 12.1. The van der Waals surface area contributed by atoms with Crippen molar-refractivity contribution < 1.29 is 4.39 Å². The molecule has 1 saturated carbocycles. The largest absolute Gasteiger partial charge is 0.368 e. The van der Waals surface area contributed by atoms with E-state index in [1.165, 1.54) is 6.42 Å². The molecule has 17 heavy (non-hydrogen) atoms. The molecule has 2 rings (SSSR count). The maximum Gasteiger partial charge on any atom is 0.222 e. The highest BCUT2D eigenvalue weighted by atomic mass is 19.1. The summed E-state index contributed by atoms with van der Waals surface area (Å²) in [4.78, 5) is 7.51. The normalized spacial score (nSPS) is 23.4. The van der Waals surface area contributed by atoms with E-state index in [1.54, 1.807) is 0 Å². The SMILES string of the molecule is CC1(C)CCCC(Nc2nc(N)ncc2F)C1. The van der Waals surface area contributed by atoms with Gasteiger partial charge in [0.05, 0.1) is 6.20 Å². The number of nitrogens with one attached hydrogen (secondary N) is 1. The second-order valence-corrected chi connectivity index (χ2v) is 5.53. The van der Waals surface area contributed by atoms with Gasteiger partial charge in [-0.15, -0.1) is 0 Å². The van der Waals surface area contributed by atoms with E-state index in [0.717, 1.165) is 25.5 Å². The third-order valence-electron chi connectivity index (χ3n) is 3.31. The van der Waals surface area contributed by atoms with Crippen molar-refractivity contribution in [2.45, 2.75) is 45.6 Å². The number of hydrogen-bond donors (Lipinski definition) is 2. The number of rotatable bonds is 2. The Morgan fingerprint density at radius 3 is 3.00 bits per heavy atom. The van der Waals surface area contributed by atoms with Gasteiger partial charge in [-0.05, 0) is 24.7 Å². The van der Waals surface area contributed by atoms with Crippen molar-refractivity contribution in [1.82, 2.24) is 9.97 Å². The Bertz CT molecular complexity index is 405. The Kier molecular flexibility index (Phi) is 3.17. The molecule has 1 unspecified atom stereocenters. The van der Waals surface area contributed by atoms with E-state index in [2.05, 4.69) is 29.1 Å². The number of aromatic nitrogens is 2. The van der Waals surface area contributed by atoms with E-state index in [4.69, 9.17) is 5.73 Å². The summed E-state index contributed by atoms with van der Waals surface area (Å²) in [6.45, 7) is 4.48. The zero-order valence-corrected chi connectivity index (χ0v) is 10.3. The van der Waals surface area contributed by atoms with Crippen molar-refractivity contribution >= 4 is 11.8 Å². The molecule has 1 aromatic rings. The Hall–Kier alpha value is -1.39. The Labute approximate surface area is 101 Å². The van der Waals surface area contributed by atoms with Crippen LogP contribution in [-0.4, -0.2) is 16.0 Å². The molecule has 0 aliphatic heterocycles. The summed E-state index contributed by atoms with van der Waals surface area (Å²) in [5.74, 6) is -0.119. The van der Waals surface area contributed by atoms with Gasteiger partial charge in [0.15, 0.2) is 11.6 Å². The van der Waals surface area contributed by atoms with Crippen LogP contribution in [0.25, 0.3) is 0 Å². The molecule has 1 aliphatic carbocycles. The van der Waals surface area contributed by atoms with Gasteiger partial charge in [-0.3, -0.25) is 0 Å². The van der Waals surface area contributed by atoms with Crippen LogP contribution in [0.4, 0.5) is 16.2 Å². The second kappa shape index (κ2) is 4.47. The minimum atomic E-state index is -0.442. The molecule has 1 fully saturated rings. The maximum atomic E-state index is 13.5. The lowest BCUT2D eigenvalue weighted by atomic mass is 9.75. The van der Waals surface area contributed by atoms with Gasteiger partial charge >= 0.3 is 0 Å². The molecule has 0 amide bonds. The van der Waals surface area contributed by atoms with Crippen LogP contribution in [0.5, 0.6) is 0 Å². The van der Waals surface area contributed by atoms with Crippen LogP contribution >= 0.6 is 0 Å². The summed E-state index contributed by atoms with van der Waals surface area (Å²) in [6.07, 6.45) is 5.56. The van der Waals surface area contributed by atoms with E-state index in [1.807, 2.05) is 0 Å². The van der Waals surface area contributed by atoms with Crippen LogP contribution in [0.1, 0.15) is 39.5 Å². The van der Waals surface area contributed by atoms with Crippen LogP contribution in [0.2, 0.25) is 0 Å². The highest BCUT2D eigenvalue weighted by Gasteiger charge is 2.28. The summed E-state index contributed by atoms with van der Waals surface area (Å²) in [5, 5.41) is 3.14. The molecule has 4 nitrogen and oxygen atoms in total. The maximum absolute atomic E-state index is 13.5. The summed E-state index contributed by atoms with van der Waals surface area (Å²) in [5.41, 5.74) is 5.77. The molecule has 0 radical (unpaired) electrons. The number of halogens is 1. The molecule has 1 aliphatic rings. The molecule has 1 atom stereocenters. The highest BCUT2D eigenvalue weighted by molar-refractivity contribution is 5.40. The van der Waals surface area contributed by atoms with E-state index < -0.39 is 5.82 Å². The molecule has 94 valence electrons. The van der Waals surface area contributed by atoms with Crippen LogP contribution in [0, 0.1) is 11.2 Å². The van der Waals surface area contributed by atoms with Crippen molar-refractivity contribution in [3.05, 3.63) is 12.0 Å². The van der Waals surface area contributed by atoms with Gasteiger partial charge in [-0.2, -0.15) is 4.98 Å². The number of hydrogen-bond acceptors (Lipinski definition) is 4. The Morgan fingerprint density at radius 1 is 1.53 bits per heavy atom. The van der Waals surface area contributed by atoms with Gasteiger partial charge in [-0.25, -0.2) is 9.37 Å². The van der Waals surface area contributed by atoms with Gasteiger partial charge in [0.25, 0.3) is 0 Å². The van der Waals surface area contributed by atoms with E-state index in [-0.39, 0.29) is 17.8 Å². The van der Waals surface area contributed by atoms with Crippen molar-refractivity contribution in [3.8, 4) is 0 Å². The lowest BCUT2D eigenvalue weighted by Crippen LogP contribution is -2.32. The predicted octanol–water partition coefficient (Wildman–Crippen LogP) is 2.58. The minimum Gasteiger partial charge on any atom is -0.368 e. The molecule has 0 spiro atoms. The van der Waals surface area contributed by atoms with Crippen LogP contribution in [-0.2, 0) is 0 Å². The molecule has 0 aromatic carbocycles. The van der Waals surface area contributed by atoms with E-state index in [9.17, 15) is 4.39 Å². The standard InChI is InChI=1S/C12H19FN4/c1-12(2)5-3-4-8(6-12)16-10-9(13)7-15-11(14)17-10/h7-8H,3-6H2,1-2H3,(H3,14,15,16,17). The smallest absolute Gasteiger partial charge is 0.222 e. The first-order chi connectivity index (χ1) is 7.96. The third kappa shape index (κ3) is 3.05. The van der Waals surface area contributed by atoms with Crippen LogP contribution in [0.15, 0.2) is 6.20 Å². The topological polar surface area (TPSA) is 63.8 Å². The summed E-state index contributed by atoms with van der Waals surface area (Å²) in [7, 11) is 0. The first-order valence-corrected chi connectivity index (χ1v) is 6.01. The highest BCUT2D eigenvalue weighted by Crippen LogP contribution is 2.36. The minimum absolute atomic E-state index is 0.101. The molecular weight excluding hydrogens is 219 g/mol. The Balaban J connectivity index is 2.07. The van der Waals surface area contributed by atoms with Gasteiger partial charge in [0.2, 0.25) is 5.95 Å². The first-order valence-electron chi connectivity index (χ1n) is 6.01. The van der Waals surface area contributed by atoms with Crippen molar-refractivity contribution in [2.75, 3.05) is 11.1 Å². The summed E-state index contributed by atoms with van der Waals surface area (Å²) in [6, 6.07) is 0.266. The van der Waals surface area contributed by atoms with Gasteiger partial charge < -0.3 is 11.1 Å². The van der Waals surface area contributed by atoms with Crippen molar-refractivity contribution in [2.24, 2.45) is 5.41 Å². The average Bonchev–Trinajstić information content (AvgIpc) is 2.22. The van der Waals surface area contributed by atoms with Crippen molar-refractivity contribution in [1.29, 1.82) is 0 Å². The molecule has 1 aromatic heterocycles. The zero-order chi connectivity index (χ0) is 12.5. The number of nitrogens with two attached hydrogens (primary N) is 1. The fraction of sp³-hybridized carbons (Fsp3) is 0.667. The van der Waals surface area contributed by atoms with E-state index in [0.29, 0.717) is 5.41 Å². The lowest BCUT2D eigenvalue weighted by Gasteiger charge is -2.35. The lowest BCUT2D eigenvalue weighted by molar-refractivity contribution is 0.229. The van der Waals surface area contributed by atoms with Crippen molar-refractivity contribution in [3.63, 3.8) is 0 Å². The second-order valence-electron chi connectivity index (χ2n) is 5.53. The third-order valence-corrected chi connectivity index (χ3v) is 3.31. The molecule has 0 bridgehead atoms. The van der Waals surface area contributed by atoms with Crippen LogP contribution < -0.4 is 11.1 Å². The fourth-order valence-corrected chi connectivity index (χ4v) is 2.50. The quantitative estimate of drug-likeness (QED) is 0.831. The van der Waals surface area contributed by atoms with Crippen LogP contribution in [0.3, 0.4) is 0 Å². The monoisotopic (exact) mass is 238 g/mol. The average molecular weight is 238 g/mol. The Morgan fingerprint density at radius 2 is 2.29 bits per heavy atom. The van der Waals surface area contributed by atoms with Gasteiger partial charge in [0, 0.05) is 6.04 Å². The predicted molar refractivity (Wildman–Crippen MR) is 66.1 cm³/mol. The van der Waals surface area contributed by atoms with E-state index >= 15 is 0 Å². The van der Waals surface area contributed by atoms with Gasteiger partial charge in [0.1, 0.15) is 0 Å².